The lowest BCUT2D eigenvalue weighted by Crippen LogP contribution is -2.09. The van der Waals surface area contributed by atoms with Crippen molar-refractivity contribution < 1.29 is 23.8 Å². The van der Waals surface area contributed by atoms with Gasteiger partial charge < -0.3 is 9.84 Å². The molecule has 0 spiro atoms. The number of carboxylic acid groups (broad SMARTS) is 1. The normalized spacial score (nSPS) is 11.8. The van der Waals surface area contributed by atoms with E-state index in [1.165, 1.54) is 25.1 Å². The van der Waals surface area contributed by atoms with Crippen LogP contribution in [0.3, 0.4) is 0 Å². The zero-order valence-corrected chi connectivity index (χ0v) is 23.9. The second-order valence-electron chi connectivity index (χ2n) is 8.99. The van der Waals surface area contributed by atoms with Crippen LogP contribution in [0.4, 0.5) is 4.39 Å². The highest BCUT2D eigenvalue weighted by molar-refractivity contribution is 7.12. The maximum atomic E-state index is 15.3. The number of rotatable bonds is 13. The summed E-state index contributed by atoms with van der Waals surface area (Å²) in [5.41, 5.74) is 1.84. The van der Waals surface area contributed by atoms with Gasteiger partial charge in [-0.25, -0.2) is 14.2 Å². The first-order chi connectivity index (χ1) is 18.2. The minimum Gasteiger partial charge on any atom is -0.478 e. The zero-order valence-electron chi connectivity index (χ0n) is 21.5. The van der Waals surface area contributed by atoms with Crippen LogP contribution in [0.1, 0.15) is 66.5 Å². The molecule has 0 unspecified atom stereocenters. The molecule has 0 atom stereocenters. The molecule has 1 aromatic heterocycles. The number of aryl methyl sites for hydroxylation is 1. The molecule has 0 amide bonds. The standard InChI is InChI=1S/C29H30Cl2FNO4S/c1-4-18(5-2)15-37-11-7-9-19-8-6-10-21(26(19)32)25-16-38-28(33-25)27(34)20-13-23(30)22(24(31)14-20)12-17(3)29(35)36/h6,8,10,12-14,16,18H,4-5,7,9,11,15H2,1-3H3,(H,35,36). The molecule has 0 radical (unpaired) electrons. The van der Waals surface area contributed by atoms with Gasteiger partial charge in [-0.05, 0) is 55.5 Å². The predicted octanol–water partition coefficient (Wildman–Crippen LogP) is 8.36. The third-order valence-corrected chi connectivity index (χ3v) is 7.80. The van der Waals surface area contributed by atoms with Crippen LogP contribution in [-0.2, 0) is 16.0 Å². The van der Waals surface area contributed by atoms with E-state index >= 15 is 4.39 Å². The van der Waals surface area contributed by atoms with Crippen LogP contribution in [0.2, 0.25) is 10.0 Å². The Balaban J connectivity index is 1.73. The van der Waals surface area contributed by atoms with Gasteiger partial charge in [-0.3, -0.25) is 4.79 Å². The summed E-state index contributed by atoms with van der Waals surface area (Å²) in [4.78, 5) is 28.6. The van der Waals surface area contributed by atoms with E-state index in [2.05, 4.69) is 18.8 Å². The number of aliphatic carboxylic acids is 1. The molecular formula is C29H30Cl2FNO4S. The predicted molar refractivity (Wildman–Crippen MR) is 152 cm³/mol. The van der Waals surface area contributed by atoms with Gasteiger partial charge in [0.25, 0.3) is 0 Å². The third kappa shape index (κ3) is 7.50. The van der Waals surface area contributed by atoms with E-state index in [-0.39, 0.29) is 32.0 Å². The topological polar surface area (TPSA) is 76.5 Å². The Morgan fingerprint density at radius 1 is 1.18 bits per heavy atom. The Kier molecular flexibility index (Phi) is 11.0. The Morgan fingerprint density at radius 3 is 2.50 bits per heavy atom. The molecule has 0 aliphatic carbocycles. The van der Waals surface area contributed by atoms with Crippen molar-refractivity contribution in [3.63, 3.8) is 0 Å². The minimum absolute atomic E-state index is 0.0517. The quantitative estimate of drug-likeness (QED) is 0.125. The summed E-state index contributed by atoms with van der Waals surface area (Å²) in [5, 5.41) is 11.2. The van der Waals surface area contributed by atoms with Gasteiger partial charge >= 0.3 is 5.97 Å². The highest BCUT2D eigenvalue weighted by Gasteiger charge is 2.20. The van der Waals surface area contributed by atoms with Crippen molar-refractivity contribution in [3.8, 4) is 11.3 Å². The second-order valence-corrected chi connectivity index (χ2v) is 10.7. The molecule has 0 aliphatic rings. The number of benzene rings is 2. The van der Waals surface area contributed by atoms with Gasteiger partial charge in [-0.15, -0.1) is 11.3 Å². The lowest BCUT2D eigenvalue weighted by atomic mass is 10.0. The fourth-order valence-corrected chi connectivity index (χ4v) is 5.24. The first-order valence-electron chi connectivity index (χ1n) is 12.4. The molecule has 3 aromatic rings. The van der Waals surface area contributed by atoms with Crippen LogP contribution < -0.4 is 0 Å². The van der Waals surface area contributed by atoms with Crippen molar-refractivity contribution in [2.75, 3.05) is 13.2 Å². The fourth-order valence-electron chi connectivity index (χ4n) is 3.87. The van der Waals surface area contributed by atoms with E-state index in [9.17, 15) is 9.59 Å². The van der Waals surface area contributed by atoms with Crippen LogP contribution in [-0.4, -0.2) is 35.1 Å². The first kappa shape index (κ1) is 30.0. The Morgan fingerprint density at radius 2 is 1.87 bits per heavy atom. The summed E-state index contributed by atoms with van der Waals surface area (Å²) in [7, 11) is 0. The van der Waals surface area contributed by atoms with Gasteiger partial charge in [0.2, 0.25) is 5.78 Å². The van der Waals surface area contributed by atoms with Gasteiger partial charge in [0.05, 0.1) is 15.7 Å². The van der Waals surface area contributed by atoms with Crippen LogP contribution in [0.25, 0.3) is 17.3 Å². The minimum atomic E-state index is -1.10. The molecule has 5 nitrogen and oxygen atoms in total. The number of carbonyl (C=O) groups excluding carboxylic acids is 1. The number of ether oxygens (including phenoxy) is 1. The van der Waals surface area contributed by atoms with E-state index in [1.807, 2.05) is 0 Å². The van der Waals surface area contributed by atoms with Gasteiger partial charge in [0, 0.05) is 40.9 Å². The van der Waals surface area contributed by atoms with Crippen LogP contribution in [0.15, 0.2) is 41.3 Å². The Hall–Kier alpha value is -2.58. The fraction of sp³-hybridized carbons (Fsp3) is 0.345. The van der Waals surface area contributed by atoms with Gasteiger partial charge in [0.1, 0.15) is 5.82 Å². The summed E-state index contributed by atoms with van der Waals surface area (Å²) < 4.78 is 21.1. The molecule has 0 saturated heterocycles. The van der Waals surface area contributed by atoms with Gasteiger partial charge in [-0.1, -0.05) is 62.0 Å². The van der Waals surface area contributed by atoms with Crippen LogP contribution in [0, 0.1) is 11.7 Å². The van der Waals surface area contributed by atoms with E-state index < -0.39 is 11.8 Å². The molecule has 0 fully saturated rings. The molecule has 1 heterocycles. The maximum Gasteiger partial charge on any atom is 0.331 e. The number of thiazole rings is 1. The number of ketones is 1. The number of hydrogen-bond acceptors (Lipinski definition) is 5. The van der Waals surface area contributed by atoms with Crippen molar-refractivity contribution in [3.05, 3.63) is 78.8 Å². The number of hydrogen-bond donors (Lipinski definition) is 1. The monoisotopic (exact) mass is 577 g/mol. The van der Waals surface area contributed by atoms with Crippen molar-refractivity contribution in [1.82, 2.24) is 4.98 Å². The number of carboxylic acids is 1. The van der Waals surface area contributed by atoms with Crippen molar-refractivity contribution >= 4 is 52.4 Å². The average molecular weight is 579 g/mol. The van der Waals surface area contributed by atoms with E-state index in [4.69, 9.17) is 33.0 Å². The van der Waals surface area contributed by atoms with Crippen molar-refractivity contribution in [1.29, 1.82) is 0 Å². The van der Waals surface area contributed by atoms with E-state index in [1.54, 1.807) is 23.6 Å². The number of halogens is 3. The largest absolute Gasteiger partial charge is 0.478 e. The highest BCUT2D eigenvalue weighted by Crippen LogP contribution is 2.32. The number of nitrogens with zero attached hydrogens (tertiary/aromatic N) is 1. The second kappa shape index (κ2) is 14.0. The van der Waals surface area contributed by atoms with Crippen molar-refractivity contribution in [2.24, 2.45) is 5.92 Å². The molecule has 202 valence electrons. The van der Waals surface area contributed by atoms with E-state index in [0.717, 1.165) is 30.8 Å². The highest BCUT2D eigenvalue weighted by atomic mass is 35.5. The smallest absolute Gasteiger partial charge is 0.331 e. The summed E-state index contributed by atoms with van der Waals surface area (Å²) in [5.74, 6) is -1.32. The molecular weight excluding hydrogens is 548 g/mol. The Labute approximate surface area is 236 Å². The Bertz CT molecular complexity index is 1310. The van der Waals surface area contributed by atoms with E-state index in [0.29, 0.717) is 47.8 Å². The molecule has 38 heavy (non-hydrogen) atoms. The van der Waals surface area contributed by atoms with Crippen LogP contribution >= 0.6 is 34.5 Å². The molecule has 0 bridgehead atoms. The SMILES string of the molecule is CCC(CC)COCCCc1cccc(-c2csc(C(=O)c3cc(Cl)c(C=C(C)C(=O)O)c(Cl)c3)n2)c1F. The lowest BCUT2D eigenvalue weighted by Gasteiger charge is -2.12. The van der Waals surface area contributed by atoms with Gasteiger partial charge in [0.15, 0.2) is 5.01 Å². The molecule has 3 rings (SSSR count). The maximum absolute atomic E-state index is 15.3. The summed E-state index contributed by atoms with van der Waals surface area (Å²) in [6.45, 7) is 7.02. The molecule has 2 aromatic carbocycles. The summed E-state index contributed by atoms with van der Waals surface area (Å²) in [6.07, 6.45) is 4.76. The zero-order chi connectivity index (χ0) is 27.8. The lowest BCUT2D eigenvalue weighted by molar-refractivity contribution is -0.132. The van der Waals surface area contributed by atoms with Crippen LogP contribution in [0.5, 0.6) is 0 Å². The third-order valence-electron chi connectivity index (χ3n) is 6.34. The average Bonchev–Trinajstić information content (AvgIpc) is 3.38. The number of aromatic nitrogens is 1. The van der Waals surface area contributed by atoms with Crippen molar-refractivity contribution in [2.45, 2.75) is 46.5 Å². The first-order valence-corrected chi connectivity index (χ1v) is 14.1. The summed E-state index contributed by atoms with van der Waals surface area (Å²) in [6, 6.07) is 8.02. The molecule has 0 saturated carbocycles. The summed E-state index contributed by atoms with van der Waals surface area (Å²) >= 11 is 13.7. The van der Waals surface area contributed by atoms with Gasteiger partial charge in [-0.2, -0.15) is 0 Å². The molecule has 0 aliphatic heterocycles. The number of carbonyl (C=O) groups is 2. The molecule has 1 N–H and O–H groups in total. The molecule has 9 heteroatoms.